The average Bonchev–Trinajstić information content (AvgIpc) is 3.40. The molecule has 3 aromatic carbocycles. The number of fused-ring (bicyclic) bond motifs is 2. The summed E-state index contributed by atoms with van der Waals surface area (Å²) in [7, 11) is 0. The number of halogens is 4. The highest BCUT2D eigenvalue weighted by Crippen LogP contribution is 2.33. The van der Waals surface area contributed by atoms with Crippen molar-refractivity contribution < 1.29 is 18.4 Å². The van der Waals surface area contributed by atoms with E-state index < -0.39 is 11.8 Å². The summed E-state index contributed by atoms with van der Waals surface area (Å²) < 4.78 is 14.7. The van der Waals surface area contributed by atoms with Crippen molar-refractivity contribution in [3.8, 4) is 0 Å². The monoisotopic (exact) mass is 708 g/mol. The maximum atomic E-state index is 12.9. The van der Waals surface area contributed by atoms with Gasteiger partial charge in [0, 0.05) is 19.7 Å². The highest BCUT2D eigenvalue weighted by atomic mass is 79.9. The zero-order valence-electron chi connectivity index (χ0n) is 16.9. The van der Waals surface area contributed by atoms with Crippen molar-refractivity contribution in [2.75, 3.05) is 10.6 Å². The third-order valence-electron chi connectivity index (χ3n) is 4.94. The second-order valence-electron chi connectivity index (χ2n) is 7.29. The lowest BCUT2D eigenvalue weighted by molar-refractivity contribution is 0.0989. The van der Waals surface area contributed by atoms with E-state index in [1.54, 1.807) is 36.4 Å². The Morgan fingerprint density at radius 1 is 0.618 bits per heavy atom. The summed E-state index contributed by atoms with van der Waals surface area (Å²) in [4.78, 5) is 25.8. The van der Waals surface area contributed by atoms with Gasteiger partial charge in [0.25, 0.3) is 11.8 Å². The van der Waals surface area contributed by atoms with Gasteiger partial charge >= 0.3 is 0 Å². The predicted molar refractivity (Wildman–Crippen MR) is 146 cm³/mol. The van der Waals surface area contributed by atoms with Crippen LogP contribution in [0, 0.1) is 0 Å². The zero-order valence-corrected chi connectivity index (χ0v) is 23.3. The van der Waals surface area contributed by atoms with Crippen LogP contribution >= 0.6 is 63.7 Å². The molecule has 2 aromatic heterocycles. The maximum absolute atomic E-state index is 12.9. The van der Waals surface area contributed by atoms with Gasteiger partial charge in [-0.25, -0.2) is 0 Å². The van der Waals surface area contributed by atoms with Crippen LogP contribution in [0.25, 0.3) is 21.9 Å². The molecular weight excluding hydrogens is 700 g/mol. The van der Waals surface area contributed by atoms with Crippen molar-refractivity contribution in [3.63, 3.8) is 0 Å². The molecule has 0 radical (unpaired) electrons. The first-order valence-electron chi connectivity index (χ1n) is 9.77. The molecule has 0 aliphatic carbocycles. The minimum Gasteiger partial charge on any atom is -0.450 e. The Morgan fingerprint density at radius 2 is 1.03 bits per heavy atom. The lowest BCUT2D eigenvalue weighted by atomic mass is 10.2. The first-order valence-corrected chi connectivity index (χ1v) is 12.9. The Labute approximate surface area is 226 Å². The van der Waals surface area contributed by atoms with E-state index in [9.17, 15) is 9.59 Å². The van der Waals surface area contributed by atoms with Gasteiger partial charge in [-0.15, -0.1) is 0 Å². The van der Waals surface area contributed by atoms with E-state index in [1.165, 1.54) is 0 Å². The van der Waals surface area contributed by atoms with Gasteiger partial charge in [0.2, 0.25) is 0 Å². The fourth-order valence-electron chi connectivity index (χ4n) is 3.44. The van der Waals surface area contributed by atoms with Crippen LogP contribution in [0.15, 0.2) is 87.4 Å². The van der Waals surface area contributed by atoms with E-state index in [0.29, 0.717) is 22.5 Å². The van der Waals surface area contributed by atoms with Gasteiger partial charge in [-0.3, -0.25) is 9.59 Å². The number of hydrogen-bond donors (Lipinski definition) is 2. The van der Waals surface area contributed by atoms with Crippen LogP contribution in [-0.4, -0.2) is 11.8 Å². The largest absolute Gasteiger partial charge is 0.450 e. The summed E-state index contributed by atoms with van der Waals surface area (Å²) in [6, 6.07) is 17.6. The molecule has 6 nitrogen and oxygen atoms in total. The molecule has 0 saturated heterocycles. The Morgan fingerprint density at radius 3 is 1.44 bits per heavy atom. The fourth-order valence-corrected chi connectivity index (χ4v) is 6.12. The second kappa shape index (κ2) is 9.33. The molecule has 0 aliphatic rings. The van der Waals surface area contributed by atoms with E-state index in [-0.39, 0.29) is 11.5 Å². The lowest BCUT2D eigenvalue weighted by Crippen LogP contribution is -2.16. The zero-order chi connectivity index (χ0) is 24.0. The van der Waals surface area contributed by atoms with Crippen molar-refractivity contribution >= 4 is 109 Å². The van der Waals surface area contributed by atoms with Crippen LogP contribution in [0.3, 0.4) is 0 Å². The molecule has 170 valence electrons. The van der Waals surface area contributed by atoms with Gasteiger partial charge in [-0.05, 0) is 80.4 Å². The number of carbonyl (C=O) groups is 2. The number of carbonyl (C=O) groups excluding carboxylic acids is 2. The van der Waals surface area contributed by atoms with E-state index in [1.807, 2.05) is 24.3 Å². The third-order valence-corrected chi connectivity index (χ3v) is 7.04. The molecule has 5 rings (SSSR count). The van der Waals surface area contributed by atoms with Crippen LogP contribution in [-0.2, 0) is 0 Å². The SMILES string of the molecule is O=C(Nc1ccccc1NC(=O)c1cc2cc(Br)cc(Br)c2o1)c1cc2cc(Br)cc(Br)c2o1. The van der Waals surface area contributed by atoms with Crippen molar-refractivity contribution in [3.05, 3.63) is 90.1 Å². The smallest absolute Gasteiger partial charge is 0.291 e. The molecule has 2 heterocycles. The standard InChI is InChI=1S/C24H12Br4N2O4/c25-13-5-11-7-19(33-21(11)15(27)9-13)23(31)29-17-3-1-2-4-18(17)30-24(32)20-8-12-6-14(26)10-16(28)22(12)34-20/h1-10H,(H,29,31)(H,30,32). The molecule has 0 aliphatic heterocycles. The van der Waals surface area contributed by atoms with Gasteiger partial charge in [-0.2, -0.15) is 0 Å². The highest BCUT2D eigenvalue weighted by Gasteiger charge is 2.19. The molecule has 34 heavy (non-hydrogen) atoms. The van der Waals surface area contributed by atoms with Gasteiger partial charge in [0.05, 0.1) is 20.3 Å². The van der Waals surface area contributed by atoms with Crippen molar-refractivity contribution in [1.29, 1.82) is 0 Å². The highest BCUT2D eigenvalue weighted by molar-refractivity contribution is 9.11. The molecule has 0 fully saturated rings. The molecule has 0 unspecified atom stereocenters. The summed E-state index contributed by atoms with van der Waals surface area (Å²) >= 11 is 13.7. The normalized spacial score (nSPS) is 11.2. The van der Waals surface area contributed by atoms with Crippen molar-refractivity contribution in [2.24, 2.45) is 0 Å². The van der Waals surface area contributed by atoms with Crippen LogP contribution in [0.2, 0.25) is 0 Å². The number of furan rings is 2. The number of rotatable bonds is 4. The van der Waals surface area contributed by atoms with E-state index >= 15 is 0 Å². The van der Waals surface area contributed by atoms with E-state index in [0.717, 1.165) is 28.7 Å². The Bertz CT molecular complexity index is 1490. The van der Waals surface area contributed by atoms with Gasteiger partial charge in [-0.1, -0.05) is 44.0 Å². The number of nitrogens with one attached hydrogen (secondary N) is 2. The number of amides is 2. The predicted octanol–water partition coefficient (Wildman–Crippen LogP) is 8.73. The Kier molecular flexibility index (Phi) is 6.41. The summed E-state index contributed by atoms with van der Waals surface area (Å²) in [6.07, 6.45) is 0. The van der Waals surface area contributed by atoms with Gasteiger partial charge in [0.1, 0.15) is 11.2 Å². The first kappa shape index (κ1) is 23.3. The van der Waals surface area contributed by atoms with Gasteiger partial charge in [0.15, 0.2) is 11.5 Å². The number of hydrogen-bond acceptors (Lipinski definition) is 4. The van der Waals surface area contributed by atoms with Gasteiger partial charge < -0.3 is 19.5 Å². The number of para-hydroxylation sites is 2. The molecule has 10 heteroatoms. The van der Waals surface area contributed by atoms with E-state index in [4.69, 9.17) is 8.83 Å². The fraction of sp³-hybridized carbons (Fsp3) is 0. The van der Waals surface area contributed by atoms with Crippen molar-refractivity contribution in [2.45, 2.75) is 0 Å². The Balaban J connectivity index is 1.39. The van der Waals surface area contributed by atoms with E-state index in [2.05, 4.69) is 74.4 Å². The molecule has 0 saturated carbocycles. The molecule has 2 N–H and O–H groups in total. The molecule has 2 amide bonds. The van der Waals surface area contributed by atoms with Crippen LogP contribution in [0.5, 0.6) is 0 Å². The molecular formula is C24H12Br4N2O4. The minimum atomic E-state index is -0.446. The summed E-state index contributed by atoms with van der Waals surface area (Å²) in [5.41, 5.74) is 1.97. The molecule has 0 spiro atoms. The number of benzene rings is 3. The lowest BCUT2D eigenvalue weighted by Gasteiger charge is -2.10. The Hall–Kier alpha value is -2.40. The van der Waals surface area contributed by atoms with Crippen LogP contribution in [0.1, 0.15) is 21.1 Å². The molecule has 0 bridgehead atoms. The topological polar surface area (TPSA) is 84.5 Å². The molecule has 0 atom stereocenters. The minimum absolute atomic E-state index is 0.141. The summed E-state index contributed by atoms with van der Waals surface area (Å²) in [6.45, 7) is 0. The first-order chi connectivity index (χ1) is 16.3. The van der Waals surface area contributed by atoms with Crippen LogP contribution < -0.4 is 10.6 Å². The summed E-state index contributed by atoms with van der Waals surface area (Å²) in [5, 5.41) is 7.15. The molecule has 5 aromatic rings. The summed E-state index contributed by atoms with van der Waals surface area (Å²) in [5.74, 6) is -0.609. The second-order valence-corrected chi connectivity index (χ2v) is 10.8. The number of anilines is 2. The maximum Gasteiger partial charge on any atom is 0.291 e. The quantitative estimate of drug-likeness (QED) is 0.195. The van der Waals surface area contributed by atoms with Crippen LogP contribution in [0.4, 0.5) is 11.4 Å². The third kappa shape index (κ3) is 4.59. The average molecular weight is 712 g/mol. The van der Waals surface area contributed by atoms with Crippen molar-refractivity contribution in [1.82, 2.24) is 0 Å².